The number of benzene rings is 1. The van der Waals surface area contributed by atoms with Crippen LogP contribution >= 0.6 is 23.2 Å². The smallest absolute Gasteiger partial charge is 0.233 e. The number of likely N-dealkylation sites (N-methyl/N-ethyl adjacent to an activating group) is 1. The van der Waals surface area contributed by atoms with Crippen LogP contribution in [0.25, 0.3) is 0 Å². The molecule has 1 aliphatic heterocycles. The normalized spacial score (nSPS) is 15.7. The molecule has 1 aromatic rings. The lowest BCUT2D eigenvalue weighted by molar-refractivity contribution is -0.136. The highest BCUT2D eigenvalue weighted by Crippen LogP contribution is 2.25. The van der Waals surface area contributed by atoms with E-state index in [-0.39, 0.29) is 18.2 Å². The molecule has 2 amide bonds. The minimum absolute atomic E-state index is 0.154. The largest absolute Gasteiger partial charge is 0.340 e. The number of anilines is 1. The van der Waals surface area contributed by atoms with E-state index < -0.39 is 0 Å². The van der Waals surface area contributed by atoms with Crippen molar-refractivity contribution in [2.75, 3.05) is 38.0 Å². The van der Waals surface area contributed by atoms with Crippen molar-refractivity contribution in [2.45, 2.75) is 13.3 Å². The second-order valence-electron chi connectivity index (χ2n) is 5.16. The molecule has 22 heavy (non-hydrogen) atoms. The van der Waals surface area contributed by atoms with Crippen molar-refractivity contribution in [1.29, 1.82) is 0 Å². The van der Waals surface area contributed by atoms with E-state index in [0.29, 0.717) is 28.8 Å². The molecule has 1 fully saturated rings. The molecule has 0 aromatic heterocycles. The van der Waals surface area contributed by atoms with Crippen LogP contribution in [0.4, 0.5) is 5.69 Å². The van der Waals surface area contributed by atoms with E-state index in [2.05, 4.69) is 17.1 Å². The predicted molar refractivity (Wildman–Crippen MR) is 88.4 cm³/mol. The molecule has 0 radical (unpaired) electrons. The number of amides is 2. The minimum Gasteiger partial charge on any atom is -0.340 e. The second kappa shape index (κ2) is 7.81. The van der Waals surface area contributed by atoms with Gasteiger partial charge in [0, 0.05) is 31.2 Å². The molecule has 120 valence electrons. The van der Waals surface area contributed by atoms with Crippen LogP contribution in [0.5, 0.6) is 0 Å². The third kappa shape index (κ3) is 4.60. The molecule has 0 unspecified atom stereocenters. The molecule has 0 atom stereocenters. The van der Waals surface area contributed by atoms with E-state index in [1.165, 1.54) is 0 Å². The molecule has 1 heterocycles. The van der Waals surface area contributed by atoms with Crippen LogP contribution < -0.4 is 5.32 Å². The Morgan fingerprint density at radius 3 is 2.45 bits per heavy atom. The Labute approximate surface area is 140 Å². The average Bonchev–Trinajstić information content (AvgIpc) is 2.50. The van der Waals surface area contributed by atoms with Gasteiger partial charge in [-0.1, -0.05) is 30.1 Å². The van der Waals surface area contributed by atoms with Crippen LogP contribution in [0.3, 0.4) is 0 Å². The van der Waals surface area contributed by atoms with Gasteiger partial charge < -0.3 is 15.1 Å². The van der Waals surface area contributed by atoms with Gasteiger partial charge in [-0.15, -0.1) is 0 Å². The van der Waals surface area contributed by atoms with Crippen LogP contribution in [-0.2, 0) is 9.59 Å². The Morgan fingerprint density at radius 1 is 1.18 bits per heavy atom. The van der Waals surface area contributed by atoms with E-state index >= 15 is 0 Å². The summed E-state index contributed by atoms with van der Waals surface area (Å²) in [6.45, 7) is 6.13. The van der Waals surface area contributed by atoms with Crippen molar-refractivity contribution < 1.29 is 9.59 Å². The van der Waals surface area contributed by atoms with Crippen molar-refractivity contribution in [2.24, 2.45) is 0 Å². The third-order valence-electron chi connectivity index (χ3n) is 3.69. The molecule has 0 saturated carbocycles. The van der Waals surface area contributed by atoms with E-state index in [9.17, 15) is 9.59 Å². The number of hydrogen-bond acceptors (Lipinski definition) is 3. The van der Waals surface area contributed by atoms with E-state index in [1.807, 2.05) is 0 Å². The first-order valence-electron chi connectivity index (χ1n) is 7.24. The van der Waals surface area contributed by atoms with Gasteiger partial charge in [0.25, 0.3) is 0 Å². The van der Waals surface area contributed by atoms with Crippen molar-refractivity contribution in [3.63, 3.8) is 0 Å². The Kier molecular flexibility index (Phi) is 6.06. The molecule has 5 nitrogen and oxygen atoms in total. The summed E-state index contributed by atoms with van der Waals surface area (Å²) >= 11 is 11.8. The molecule has 0 bridgehead atoms. The van der Waals surface area contributed by atoms with Gasteiger partial charge in [0.2, 0.25) is 11.8 Å². The molecule has 1 saturated heterocycles. The number of carbonyl (C=O) groups is 2. The number of carbonyl (C=O) groups excluding carboxylic acids is 2. The Morgan fingerprint density at radius 2 is 1.86 bits per heavy atom. The second-order valence-corrected chi connectivity index (χ2v) is 6.01. The van der Waals surface area contributed by atoms with Gasteiger partial charge in [-0.3, -0.25) is 9.59 Å². The topological polar surface area (TPSA) is 52.7 Å². The SMILES string of the molecule is CCN1CCN(C(=O)CC(=O)Nc2ccc(Cl)cc2Cl)CC1. The van der Waals surface area contributed by atoms with Crippen LogP contribution in [0, 0.1) is 0 Å². The maximum Gasteiger partial charge on any atom is 0.233 e. The number of nitrogens with zero attached hydrogens (tertiary/aromatic N) is 2. The van der Waals surface area contributed by atoms with Gasteiger partial charge in [0.1, 0.15) is 6.42 Å². The number of piperazine rings is 1. The summed E-state index contributed by atoms with van der Waals surface area (Å²) in [5.41, 5.74) is 0.458. The van der Waals surface area contributed by atoms with Gasteiger partial charge in [-0.05, 0) is 24.7 Å². The molecule has 1 aliphatic rings. The summed E-state index contributed by atoms with van der Waals surface area (Å²) in [6, 6.07) is 4.80. The van der Waals surface area contributed by atoms with E-state index in [1.54, 1.807) is 23.1 Å². The molecule has 7 heteroatoms. The average molecular weight is 344 g/mol. The van der Waals surface area contributed by atoms with Crippen molar-refractivity contribution in [3.8, 4) is 0 Å². The lowest BCUT2D eigenvalue weighted by Gasteiger charge is -2.34. The highest BCUT2D eigenvalue weighted by Gasteiger charge is 2.22. The minimum atomic E-state index is -0.368. The molecular formula is C15H19Cl2N3O2. The molecular weight excluding hydrogens is 325 g/mol. The Balaban J connectivity index is 1.85. The standard InChI is InChI=1S/C15H19Cl2N3O2/c1-2-19-5-7-20(8-6-19)15(22)10-14(21)18-13-4-3-11(16)9-12(13)17/h3-4,9H,2,5-8,10H2,1H3,(H,18,21). The molecule has 0 aliphatic carbocycles. The van der Waals surface area contributed by atoms with Crippen LogP contribution in [-0.4, -0.2) is 54.3 Å². The van der Waals surface area contributed by atoms with Gasteiger partial charge in [0.05, 0.1) is 10.7 Å². The Bertz CT molecular complexity index is 558. The van der Waals surface area contributed by atoms with Crippen LogP contribution in [0.15, 0.2) is 18.2 Å². The maximum absolute atomic E-state index is 12.1. The summed E-state index contributed by atoms with van der Waals surface area (Å²) in [5.74, 6) is -0.523. The first-order valence-corrected chi connectivity index (χ1v) is 8.00. The maximum atomic E-state index is 12.1. The highest BCUT2D eigenvalue weighted by atomic mass is 35.5. The quantitative estimate of drug-likeness (QED) is 0.854. The van der Waals surface area contributed by atoms with Crippen LogP contribution in [0.1, 0.15) is 13.3 Å². The number of nitrogens with one attached hydrogen (secondary N) is 1. The summed E-state index contributed by atoms with van der Waals surface area (Å²) in [4.78, 5) is 28.1. The fourth-order valence-electron chi connectivity index (χ4n) is 2.35. The van der Waals surface area contributed by atoms with Gasteiger partial charge in [-0.25, -0.2) is 0 Å². The molecule has 1 aromatic carbocycles. The van der Waals surface area contributed by atoms with E-state index in [4.69, 9.17) is 23.2 Å². The fraction of sp³-hybridized carbons (Fsp3) is 0.467. The fourth-order valence-corrected chi connectivity index (χ4v) is 2.80. The first kappa shape index (κ1) is 17.1. The molecule has 0 spiro atoms. The number of halogens is 2. The third-order valence-corrected chi connectivity index (χ3v) is 4.24. The number of rotatable bonds is 4. The van der Waals surface area contributed by atoms with Gasteiger partial charge >= 0.3 is 0 Å². The lowest BCUT2D eigenvalue weighted by Crippen LogP contribution is -2.49. The zero-order valence-corrected chi connectivity index (χ0v) is 14.0. The first-order chi connectivity index (χ1) is 10.5. The zero-order valence-electron chi connectivity index (χ0n) is 12.4. The van der Waals surface area contributed by atoms with Crippen LogP contribution in [0.2, 0.25) is 10.0 Å². The zero-order chi connectivity index (χ0) is 16.1. The van der Waals surface area contributed by atoms with Crippen molar-refractivity contribution in [3.05, 3.63) is 28.2 Å². The van der Waals surface area contributed by atoms with Gasteiger partial charge in [0.15, 0.2) is 0 Å². The highest BCUT2D eigenvalue weighted by molar-refractivity contribution is 6.36. The summed E-state index contributed by atoms with van der Waals surface area (Å²) in [6.07, 6.45) is -0.176. The summed E-state index contributed by atoms with van der Waals surface area (Å²) < 4.78 is 0. The molecule has 2 rings (SSSR count). The molecule has 1 N–H and O–H groups in total. The van der Waals surface area contributed by atoms with Gasteiger partial charge in [-0.2, -0.15) is 0 Å². The van der Waals surface area contributed by atoms with E-state index in [0.717, 1.165) is 19.6 Å². The monoisotopic (exact) mass is 343 g/mol. The Hall–Kier alpha value is -1.30. The predicted octanol–water partition coefficient (Wildman–Crippen LogP) is 2.49. The van der Waals surface area contributed by atoms with Crippen molar-refractivity contribution >= 4 is 40.7 Å². The summed E-state index contributed by atoms with van der Waals surface area (Å²) in [5, 5.41) is 3.49. The summed E-state index contributed by atoms with van der Waals surface area (Å²) in [7, 11) is 0. The lowest BCUT2D eigenvalue weighted by atomic mass is 10.2. The van der Waals surface area contributed by atoms with Crippen molar-refractivity contribution in [1.82, 2.24) is 9.80 Å². The number of hydrogen-bond donors (Lipinski definition) is 1.